The van der Waals surface area contributed by atoms with Crippen molar-refractivity contribution in [3.63, 3.8) is 0 Å². The fourth-order valence-electron chi connectivity index (χ4n) is 2.07. The summed E-state index contributed by atoms with van der Waals surface area (Å²) in [6, 6.07) is 0. The van der Waals surface area contributed by atoms with Crippen molar-refractivity contribution in [2.75, 3.05) is 18.5 Å². The Morgan fingerprint density at radius 3 is 2.59 bits per heavy atom. The van der Waals surface area contributed by atoms with Crippen LogP contribution in [0.25, 0.3) is 0 Å². The topological polar surface area (TPSA) is 38.3 Å². The molecular weight excluding hydrogens is 282 g/mol. The lowest BCUT2D eigenvalue weighted by Crippen LogP contribution is -2.44. The summed E-state index contributed by atoms with van der Waals surface area (Å²) < 4.78 is 5.48. The van der Waals surface area contributed by atoms with Crippen LogP contribution >= 0.6 is 15.9 Å². The normalized spacial score (nSPS) is 21.2. The van der Waals surface area contributed by atoms with Crippen molar-refractivity contribution in [3.8, 4) is 0 Å². The lowest BCUT2D eigenvalue weighted by Gasteiger charge is -2.31. The summed E-state index contributed by atoms with van der Waals surface area (Å²) in [5.74, 6) is 0.0666. The van der Waals surface area contributed by atoms with Crippen LogP contribution in [0.2, 0.25) is 0 Å². The number of alkyl halides is 1. The molecule has 1 aliphatic heterocycles. The number of carbonyl (C=O) groups excluding carboxylic acids is 1. The minimum absolute atomic E-state index is 0.0666. The molecule has 0 saturated carbocycles. The summed E-state index contributed by atoms with van der Waals surface area (Å²) in [7, 11) is 0. The molecule has 0 spiro atoms. The minimum atomic E-state index is -0.217. The van der Waals surface area contributed by atoms with Crippen molar-refractivity contribution in [1.82, 2.24) is 5.32 Å². The highest BCUT2D eigenvalue weighted by Crippen LogP contribution is 2.27. The highest BCUT2D eigenvalue weighted by Gasteiger charge is 2.28. The molecule has 0 aromatic heterocycles. The number of ether oxygens (including phenoxy) is 1. The van der Waals surface area contributed by atoms with E-state index in [0.717, 1.165) is 50.6 Å². The van der Waals surface area contributed by atoms with E-state index in [2.05, 4.69) is 35.1 Å². The number of halogens is 1. The van der Waals surface area contributed by atoms with Crippen molar-refractivity contribution in [2.24, 2.45) is 5.41 Å². The van der Waals surface area contributed by atoms with Gasteiger partial charge in [-0.3, -0.25) is 4.79 Å². The van der Waals surface area contributed by atoms with E-state index in [9.17, 15) is 4.79 Å². The first-order chi connectivity index (χ1) is 8.17. The summed E-state index contributed by atoms with van der Waals surface area (Å²) >= 11 is 3.56. The van der Waals surface area contributed by atoms with Gasteiger partial charge < -0.3 is 10.1 Å². The van der Waals surface area contributed by atoms with E-state index in [1.165, 1.54) is 0 Å². The standard InChI is InChI=1S/C13H24BrNO2/c1-3-13(4-2,9-14)10-15-12(16)11-7-5-6-8-17-11/h11H,3-10H2,1-2H3,(H,15,16). The molecule has 0 aromatic carbocycles. The molecule has 1 heterocycles. The van der Waals surface area contributed by atoms with E-state index < -0.39 is 0 Å². The van der Waals surface area contributed by atoms with Crippen molar-refractivity contribution in [3.05, 3.63) is 0 Å². The van der Waals surface area contributed by atoms with Gasteiger partial charge in [-0.15, -0.1) is 0 Å². The molecule has 1 atom stereocenters. The zero-order valence-electron chi connectivity index (χ0n) is 10.9. The monoisotopic (exact) mass is 305 g/mol. The molecule has 1 saturated heterocycles. The Kier molecular flexibility index (Phi) is 6.49. The van der Waals surface area contributed by atoms with Gasteiger partial charge in [0.25, 0.3) is 0 Å². The van der Waals surface area contributed by atoms with Gasteiger partial charge in [-0.05, 0) is 37.5 Å². The summed E-state index contributed by atoms with van der Waals surface area (Å²) in [6.45, 7) is 5.81. The molecule has 100 valence electrons. The van der Waals surface area contributed by atoms with Crippen molar-refractivity contribution >= 4 is 21.8 Å². The van der Waals surface area contributed by atoms with Crippen LogP contribution in [0, 0.1) is 5.41 Å². The highest BCUT2D eigenvalue weighted by atomic mass is 79.9. The van der Waals surface area contributed by atoms with Crippen molar-refractivity contribution < 1.29 is 9.53 Å². The second kappa shape index (κ2) is 7.37. The molecule has 17 heavy (non-hydrogen) atoms. The Morgan fingerprint density at radius 1 is 1.41 bits per heavy atom. The van der Waals surface area contributed by atoms with Crippen LogP contribution in [0.3, 0.4) is 0 Å². The van der Waals surface area contributed by atoms with Crippen LogP contribution in [0.15, 0.2) is 0 Å². The van der Waals surface area contributed by atoms with Crippen LogP contribution in [-0.2, 0) is 9.53 Å². The summed E-state index contributed by atoms with van der Waals surface area (Å²) in [5, 5.41) is 3.98. The number of amides is 1. The van der Waals surface area contributed by atoms with Crippen molar-refractivity contribution in [1.29, 1.82) is 0 Å². The zero-order valence-corrected chi connectivity index (χ0v) is 12.5. The van der Waals surface area contributed by atoms with Gasteiger partial charge in [0, 0.05) is 18.5 Å². The van der Waals surface area contributed by atoms with Gasteiger partial charge in [-0.2, -0.15) is 0 Å². The van der Waals surface area contributed by atoms with Gasteiger partial charge >= 0.3 is 0 Å². The van der Waals surface area contributed by atoms with Gasteiger partial charge in [0.15, 0.2) is 0 Å². The maximum atomic E-state index is 11.9. The molecule has 0 aromatic rings. The van der Waals surface area contributed by atoms with Gasteiger partial charge in [-0.1, -0.05) is 29.8 Å². The predicted molar refractivity (Wildman–Crippen MR) is 73.4 cm³/mol. The molecule has 4 heteroatoms. The first-order valence-corrected chi connectivity index (χ1v) is 7.75. The number of hydrogen-bond acceptors (Lipinski definition) is 2. The Bertz CT molecular complexity index is 227. The fourth-order valence-corrected chi connectivity index (χ4v) is 3.06. The lowest BCUT2D eigenvalue weighted by atomic mass is 9.84. The minimum Gasteiger partial charge on any atom is -0.368 e. The van der Waals surface area contributed by atoms with Crippen LogP contribution in [0.5, 0.6) is 0 Å². The highest BCUT2D eigenvalue weighted by molar-refractivity contribution is 9.09. The predicted octanol–water partition coefficient (Wildman–Crippen LogP) is 2.87. The average Bonchev–Trinajstić information content (AvgIpc) is 2.41. The van der Waals surface area contributed by atoms with E-state index in [0.29, 0.717) is 0 Å². The molecular formula is C13H24BrNO2. The number of carbonyl (C=O) groups is 1. The molecule has 1 unspecified atom stereocenters. The van der Waals surface area contributed by atoms with Crippen LogP contribution < -0.4 is 5.32 Å². The summed E-state index contributed by atoms with van der Waals surface area (Å²) in [4.78, 5) is 11.9. The molecule has 1 aliphatic rings. The van der Waals surface area contributed by atoms with Gasteiger partial charge in [-0.25, -0.2) is 0 Å². The fraction of sp³-hybridized carbons (Fsp3) is 0.923. The third-order valence-electron chi connectivity index (χ3n) is 3.89. The number of hydrogen-bond donors (Lipinski definition) is 1. The Labute approximate surface area is 113 Å². The Balaban J connectivity index is 2.40. The molecule has 1 amide bonds. The SMILES string of the molecule is CCC(CC)(CBr)CNC(=O)C1CCCCO1. The van der Waals surface area contributed by atoms with Crippen molar-refractivity contribution in [2.45, 2.75) is 52.1 Å². The van der Waals surface area contributed by atoms with Gasteiger partial charge in [0.2, 0.25) is 5.91 Å². The maximum Gasteiger partial charge on any atom is 0.249 e. The molecule has 0 aliphatic carbocycles. The lowest BCUT2D eigenvalue weighted by molar-refractivity contribution is -0.135. The van der Waals surface area contributed by atoms with E-state index in [-0.39, 0.29) is 17.4 Å². The Hall–Kier alpha value is -0.0900. The first kappa shape index (κ1) is 15.0. The number of nitrogens with one attached hydrogen (secondary N) is 1. The quantitative estimate of drug-likeness (QED) is 0.766. The molecule has 0 radical (unpaired) electrons. The largest absolute Gasteiger partial charge is 0.368 e. The molecule has 1 rings (SSSR count). The van der Waals surface area contributed by atoms with E-state index >= 15 is 0 Å². The summed E-state index contributed by atoms with van der Waals surface area (Å²) in [5.41, 5.74) is 0.185. The van der Waals surface area contributed by atoms with E-state index in [4.69, 9.17) is 4.74 Å². The van der Waals surface area contributed by atoms with Gasteiger partial charge in [0.1, 0.15) is 6.10 Å². The molecule has 3 nitrogen and oxygen atoms in total. The second-order valence-corrected chi connectivity index (χ2v) is 5.47. The zero-order chi connectivity index (χ0) is 12.7. The van der Waals surface area contributed by atoms with Gasteiger partial charge in [0.05, 0.1) is 0 Å². The smallest absolute Gasteiger partial charge is 0.249 e. The average molecular weight is 306 g/mol. The van der Waals surface area contributed by atoms with Crippen LogP contribution in [-0.4, -0.2) is 30.5 Å². The Morgan fingerprint density at radius 2 is 2.12 bits per heavy atom. The van der Waals surface area contributed by atoms with E-state index in [1.807, 2.05) is 0 Å². The summed E-state index contributed by atoms with van der Waals surface area (Å²) in [6.07, 6.45) is 4.97. The molecule has 0 bridgehead atoms. The third kappa shape index (κ3) is 4.25. The van der Waals surface area contributed by atoms with Crippen LogP contribution in [0.4, 0.5) is 0 Å². The molecule has 1 fully saturated rings. The van der Waals surface area contributed by atoms with Crippen LogP contribution in [0.1, 0.15) is 46.0 Å². The first-order valence-electron chi connectivity index (χ1n) is 6.62. The van der Waals surface area contributed by atoms with E-state index in [1.54, 1.807) is 0 Å². The maximum absolute atomic E-state index is 11.9. The second-order valence-electron chi connectivity index (χ2n) is 4.91. The third-order valence-corrected chi connectivity index (χ3v) is 5.08. The number of rotatable bonds is 6. The molecule has 1 N–H and O–H groups in total.